The van der Waals surface area contributed by atoms with Crippen LogP contribution in [0.5, 0.6) is 0 Å². The van der Waals surface area contributed by atoms with Crippen LogP contribution in [-0.4, -0.2) is 65.0 Å². The summed E-state index contributed by atoms with van der Waals surface area (Å²) in [5.41, 5.74) is 2.16. The fourth-order valence-electron chi connectivity index (χ4n) is 4.00. The van der Waals surface area contributed by atoms with Crippen molar-refractivity contribution in [1.29, 1.82) is 0 Å². The van der Waals surface area contributed by atoms with Crippen LogP contribution in [0.15, 0.2) is 29.4 Å². The van der Waals surface area contributed by atoms with Crippen LogP contribution in [0.25, 0.3) is 16.9 Å². The van der Waals surface area contributed by atoms with Crippen LogP contribution in [-0.2, 0) is 12.5 Å². The van der Waals surface area contributed by atoms with E-state index in [1.54, 1.807) is 21.7 Å². The highest BCUT2D eigenvalue weighted by Crippen LogP contribution is 2.27. The SMILES string of the molecule is Cn1cc(-c2cn3ncnc3c(N3CCC(CNC(=O)c4noc(C(C)(C)C)n4)CC3)n2)cn1. The van der Waals surface area contributed by atoms with Crippen LogP contribution >= 0.6 is 0 Å². The molecule has 0 aliphatic carbocycles. The second kappa shape index (κ2) is 8.50. The number of aryl methyl sites for hydroxylation is 1. The second-order valence-corrected chi connectivity index (χ2v) is 9.69. The Hall–Kier alpha value is -3.83. The molecule has 1 amide bonds. The molecule has 1 aliphatic rings. The van der Waals surface area contributed by atoms with E-state index in [9.17, 15) is 4.79 Å². The van der Waals surface area contributed by atoms with E-state index in [-0.39, 0.29) is 17.1 Å². The van der Waals surface area contributed by atoms with Crippen molar-refractivity contribution in [3.8, 4) is 11.3 Å². The van der Waals surface area contributed by atoms with Gasteiger partial charge in [0.05, 0.1) is 18.1 Å². The number of piperidine rings is 1. The number of fused-ring (bicyclic) bond motifs is 1. The maximum absolute atomic E-state index is 12.5. The fraction of sp³-hybridized carbons (Fsp3) is 0.500. The molecule has 12 heteroatoms. The van der Waals surface area contributed by atoms with E-state index < -0.39 is 0 Å². The minimum atomic E-state index is -0.308. The molecule has 0 saturated carbocycles. The van der Waals surface area contributed by atoms with Gasteiger partial charge in [-0.25, -0.2) is 14.5 Å². The van der Waals surface area contributed by atoms with Crippen LogP contribution in [0.2, 0.25) is 0 Å². The maximum Gasteiger partial charge on any atom is 0.292 e. The Balaban J connectivity index is 1.23. The molecular weight excluding hydrogens is 436 g/mol. The number of rotatable bonds is 5. The van der Waals surface area contributed by atoms with Crippen molar-refractivity contribution in [1.82, 2.24) is 44.8 Å². The molecule has 5 heterocycles. The first-order chi connectivity index (χ1) is 16.3. The van der Waals surface area contributed by atoms with Crippen LogP contribution in [0, 0.1) is 5.92 Å². The third-order valence-corrected chi connectivity index (χ3v) is 5.98. The van der Waals surface area contributed by atoms with Crippen molar-refractivity contribution in [3.05, 3.63) is 36.6 Å². The summed E-state index contributed by atoms with van der Waals surface area (Å²) in [7, 11) is 1.88. The number of aromatic nitrogens is 8. The van der Waals surface area contributed by atoms with Crippen molar-refractivity contribution in [3.63, 3.8) is 0 Å². The number of nitrogens with zero attached hydrogens (tertiary/aromatic N) is 9. The molecule has 4 aromatic heterocycles. The summed E-state index contributed by atoms with van der Waals surface area (Å²) in [6.07, 6.45) is 8.96. The average molecular weight is 465 g/mol. The van der Waals surface area contributed by atoms with Gasteiger partial charge in [-0.05, 0) is 18.8 Å². The van der Waals surface area contributed by atoms with Gasteiger partial charge in [0.25, 0.3) is 11.7 Å². The monoisotopic (exact) mass is 464 g/mol. The largest absolute Gasteiger partial charge is 0.353 e. The molecular formula is C22H28N10O2. The van der Waals surface area contributed by atoms with Gasteiger partial charge in [-0.15, -0.1) is 0 Å². The number of hydrogen-bond donors (Lipinski definition) is 1. The molecule has 0 atom stereocenters. The van der Waals surface area contributed by atoms with E-state index in [0.717, 1.165) is 48.7 Å². The van der Waals surface area contributed by atoms with Crippen molar-refractivity contribution in [2.45, 2.75) is 39.0 Å². The van der Waals surface area contributed by atoms with Gasteiger partial charge >= 0.3 is 0 Å². The zero-order valence-corrected chi connectivity index (χ0v) is 19.8. The van der Waals surface area contributed by atoms with E-state index in [0.29, 0.717) is 18.4 Å². The van der Waals surface area contributed by atoms with Gasteiger partial charge in [-0.1, -0.05) is 25.9 Å². The van der Waals surface area contributed by atoms with Gasteiger partial charge in [-0.3, -0.25) is 9.48 Å². The Labute approximate surface area is 196 Å². The molecule has 1 saturated heterocycles. The normalized spacial score (nSPS) is 15.2. The van der Waals surface area contributed by atoms with Crippen molar-refractivity contribution in [2.24, 2.45) is 13.0 Å². The molecule has 4 aromatic rings. The molecule has 1 aliphatic heterocycles. The van der Waals surface area contributed by atoms with Gasteiger partial charge in [0.1, 0.15) is 6.33 Å². The molecule has 178 valence electrons. The molecule has 12 nitrogen and oxygen atoms in total. The fourth-order valence-corrected chi connectivity index (χ4v) is 4.00. The Kier molecular flexibility index (Phi) is 5.50. The first kappa shape index (κ1) is 22.0. The Morgan fingerprint density at radius 1 is 1.18 bits per heavy atom. The molecule has 0 spiro atoms. The highest BCUT2D eigenvalue weighted by Gasteiger charge is 2.26. The van der Waals surface area contributed by atoms with Gasteiger partial charge in [0.15, 0.2) is 11.5 Å². The Morgan fingerprint density at radius 3 is 2.65 bits per heavy atom. The summed E-state index contributed by atoms with van der Waals surface area (Å²) in [6.45, 7) is 8.07. The predicted octanol–water partition coefficient (Wildman–Crippen LogP) is 1.85. The summed E-state index contributed by atoms with van der Waals surface area (Å²) in [5, 5.41) is 15.3. The maximum atomic E-state index is 12.5. The number of hydrogen-bond acceptors (Lipinski definition) is 9. The smallest absolute Gasteiger partial charge is 0.292 e. The first-order valence-corrected chi connectivity index (χ1v) is 11.3. The van der Waals surface area contributed by atoms with Crippen molar-refractivity contribution in [2.75, 3.05) is 24.5 Å². The van der Waals surface area contributed by atoms with E-state index >= 15 is 0 Å². The second-order valence-electron chi connectivity index (χ2n) is 9.69. The van der Waals surface area contributed by atoms with Gasteiger partial charge in [0.2, 0.25) is 5.89 Å². The summed E-state index contributed by atoms with van der Waals surface area (Å²) in [6, 6.07) is 0. The molecule has 0 bridgehead atoms. The molecule has 5 rings (SSSR count). The summed E-state index contributed by atoms with van der Waals surface area (Å²) in [5.74, 6) is 1.38. The van der Waals surface area contributed by atoms with Crippen LogP contribution in [0.1, 0.15) is 50.1 Å². The molecule has 0 unspecified atom stereocenters. The van der Waals surface area contributed by atoms with Gasteiger partial charge < -0.3 is 14.7 Å². The third kappa shape index (κ3) is 4.35. The predicted molar refractivity (Wildman–Crippen MR) is 123 cm³/mol. The lowest BCUT2D eigenvalue weighted by molar-refractivity contribution is 0.0931. The third-order valence-electron chi connectivity index (χ3n) is 5.98. The number of carbonyl (C=O) groups is 1. The zero-order valence-electron chi connectivity index (χ0n) is 19.8. The molecule has 0 aromatic carbocycles. The first-order valence-electron chi connectivity index (χ1n) is 11.3. The van der Waals surface area contributed by atoms with Crippen molar-refractivity contribution < 1.29 is 9.32 Å². The van der Waals surface area contributed by atoms with Crippen LogP contribution in [0.3, 0.4) is 0 Å². The van der Waals surface area contributed by atoms with Gasteiger partial charge in [-0.2, -0.15) is 15.2 Å². The van der Waals surface area contributed by atoms with E-state index in [2.05, 4.69) is 35.5 Å². The van der Waals surface area contributed by atoms with E-state index in [1.165, 1.54) is 0 Å². The topological polar surface area (TPSA) is 132 Å². The number of nitrogens with one attached hydrogen (secondary N) is 1. The number of amides is 1. The lowest BCUT2D eigenvalue weighted by Gasteiger charge is -2.32. The van der Waals surface area contributed by atoms with Crippen molar-refractivity contribution >= 4 is 17.4 Å². The Bertz CT molecular complexity index is 1310. The highest BCUT2D eigenvalue weighted by atomic mass is 16.5. The van der Waals surface area contributed by atoms with Gasteiger partial charge in [0, 0.05) is 43.9 Å². The summed E-state index contributed by atoms with van der Waals surface area (Å²) < 4.78 is 8.73. The summed E-state index contributed by atoms with van der Waals surface area (Å²) >= 11 is 0. The summed E-state index contributed by atoms with van der Waals surface area (Å²) in [4.78, 5) is 28.2. The van der Waals surface area contributed by atoms with E-state index in [1.807, 2.05) is 40.2 Å². The Morgan fingerprint density at radius 2 is 1.97 bits per heavy atom. The molecule has 1 fully saturated rings. The number of carbonyl (C=O) groups excluding carboxylic acids is 1. The molecule has 0 radical (unpaired) electrons. The van der Waals surface area contributed by atoms with Crippen LogP contribution in [0.4, 0.5) is 5.82 Å². The lowest BCUT2D eigenvalue weighted by atomic mass is 9.96. The molecule has 1 N–H and O–H groups in total. The minimum Gasteiger partial charge on any atom is -0.353 e. The standard InChI is InChI=1S/C22H28N10O2/c1-22(2,3)21-28-17(29-34-21)20(33)23-9-14-5-7-31(8-6-14)19-18-24-13-26-32(18)12-16(27-19)15-10-25-30(4)11-15/h10-14H,5-9H2,1-4H3,(H,23,33). The van der Waals surface area contributed by atoms with E-state index in [4.69, 9.17) is 9.51 Å². The average Bonchev–Trinajstić information content (AvgIpc) is 3.57. The van der Waals surface area contributed by atoms with Crippen LogP contribution < -0.4 is 10.2 Å². The quantitative estimate of drug-likeness (QED) is 0.470. The lowest BCUT2D eigenvalue weighted by Crippen LogP contribution is -2.39. The number of anilines is 1. The minimum absolute atomic E-state index is 0.0768. The zero-order chi connectivity index (χ0) is 23.9. The molecule has 34 heavy (non-hydrogen) atoms. The highest BCUT2D eigenvalue weighted by molar-refractivity contribution is 5.90.